The van der Waals surface area contributed by atoms with Crippen LogP contribution in [0.2, 0.25) is 0 Å². The minimum absolute atomic E-state index is 0.329. The second-order valence-electron chi connectivity index (χ2n) is 7.67. The predicted octanol–water partition coefficient (Wildman–Crippen LogP) is 3.46. The normalized spacial score (nSPS) is 26.0. The third kappa shape index (κ3) is 5.00. The monoisotopic (exact) mass is 347 g/mol. The Bertz CT molecular complexity index is 530. The fraction of sp³-hybridized carbons (Fsp3) is 0.750. The molecule has 0 aliphatic carbocycles. The zero-order valence-corrected chi connectivity index (χ0v) is 15.8. The molecule has 0 amide bonds. The van der Waals surface area contributed by atoms with E-state index in [9.17, 15) is 0 Å². The maximum Gasteiger partial charge on any atom is 0.194 e. The lowest BCUT2D eigenvalue weighted by molar-refractivity contribution is -0.0371. The number of nitrogens with zero attached hydrogens (tertiary/aromatic N) is 2. The number of likely N-dealkylation sites (tertiary alicyclic amines) is 1. The van der Waals surface area contributed by atoms with Crippen LogP contribution in [-0.2, 0) is 11.2 Å². The van der Waals surface area contributed by atoms with Crippen molar-refractivity contribution in [2.45, 2.75) is 58.4 Å². The van der Waals surface area contributed by atoms with Gasteiger partial charge in [0.15, 0.2) is 5.96 Å². The first-order valence-corrected chi connectivity index (χ1v) is 9.87. The quantitative estimate of drug-likeness (QED) is 0.655. The van der Waals surface area contributed by atoms with Crippen LogP contribution < -0.4 is 5.32 Å². The Labute approximate surface area is 151 Å². The number of rotatable bonds is 5. The molecule has 1 aromatic heterocycles. The van der Waals surface area contributed by atoms with Crippen molar-refractivity contribution in [1.29, 1.82) is 0 Å². The summed E-state index contributed by atoms with van der Waals surface area (Å²) in [7, 11) is 0. The fourth-order valence-corrected chi connectivity index (χ4v) is 3.91. The maximum atomic E-state index is 5.82. The largest absolute Gasteiger partial charge is 0.469 e. The Balaban J connectivity index is 1.66. The van der Waals surface area contributed by atoms with Gasteiger partial charge in [-0.1, -0.05) is 6.92 Å². The van der Waals surface area contributed by atoms with Gasteiger partial charge in [-0.3, -0.25) is 4.99 Å². The minimum atomic E-state index is 0.329. The second kappa shape index (κ2) is 8.75. The number of aliphatic imine (C=N–C) groups is 1. The Morgan fingerprint density at radius 3 is 3.00 bits per heavy atom. The van der Waals surface area contributed by atoms with Crippen molar-refractivity contribution < 1.29 is 9.15 Å². The van der Waals surface area contributed by atoms with Crippen molar-refractivity contribution in [2.75, 3.05) is 32.8 Å². The van der Waals surface area contributed by atoms with Crippen molar-refractivity contribution >= 4 is 5.96 Å². The van der Waals surface area contributed by atoms with Gasteiger partial charge in [0.05, 0.1) is 12.9 Å². The van der Waals surface area contributed by atoms with Gasteiger partial charge in [0.25, 0.3) is 0 Å². The number of piperidine rings is 1. The number of hydrogen-bond acceptors (Lipinski definition) is 3. The van der Waals surface area contributed by atoms with Crippen LogP contribution in [0.15, 0.2) is 27.8 Å². The summed E-state index contributed by atoms with van der Waals surface area (Å²) in [5.74, 6) is 2.06. The zero-order chi connectivity index (χ0) is 17.5. The number of guanidine groups is 1. The summed E-state index contributed by atoms with van der Waals surface area (Å²) in [6.45, 7) is 9.19. The van der Waals surface area contributed by atoms with Gasteiger partial charge in [0, 0.05) is 44.1 Å². The molecular formula is C20H33N3O2. The molecule has 1 N–H and O–H groups in total. The van der Waals surface area contributed by atoms with Crippen molar-refractivity contribution in [3.63, 3.8) is 0 Å². The van der Waals surface area contributed by atoms with E-state index in [1.807, 2.05) is 12.1 Å². The van der Waals surface area contributed by atoms with E-state index in [0.717, 1.165) is 57.4 Å². The van der Waals surface area contributed by atoms with Gasteiger partial charge in [0.1, 0.15) is 5.76 Å². The molecule has 0 saturated carbocycles. The van der Waals surface area contributed by atoms with Crippen LogP contribution in [-0.4, -0.2) is 49.7 Å². The molecule has 2 aliphatic heterocycles. The molecule has 5 nitrogen and oxygen atoms in total. The van der Waals surface area contributed by atoms with E-state index in [-0.39, 0.29) is 0 Å². The van der Waals surface area contributed by atoms with E-state index in [0.29, 0.717) is 11.5 Å². The Morgan fingerprint density at radius 2 is 2.28 bits per heavy atom. The first kappa shape index (κ1) is 18.3. The molecule has 0 aromatic carbocycles. The van der Waals surface area contributed by atoms with Gasteiger partial charge in [-0.15, -0.1) is 0 Å². The molecule has 2 atom stereocenters. The average molecular weight is 348 g/mol. The summed E-state index contributed by atoms with van der Waals surface area (Å²) >= 11 is 0. The first-order valence-electron chi connectivity index (χ1n) is 9.87. The summed E-state index contributed by atoms with van der Waals surface area (Å²) < 4.78 is 11.3. The Hall–Kier alpha value is -1.49. The van der Waals surface area contributed by atoms with Crippen LogP contribution in [0, 0.1) is 5.41 Å². The lowest BCUT2D eigenvalue weighted by atomic mass is 9.76. The Kier molecular flexibility index (Phi) is 6.40. The van der Waals surface area contributed by atoms with Crippen LogP contribution in [0.25, 0.3) is 0 Å². The molecule has 3 rings (SSSR count). The van der Waals surface area contributed by atoms with E-state index in [2.05, 4.69) is 24.1 Å². The van der Waals surface area contributed by atoms with Crippen molar-refractivity contribution in [3.05, 3.63) is 24.2 Å². The summed E-state index contributed by atoms with van der Waals surface area (Å²) in [6.07, 6.45) is 8.66. The van der Waals surface area contributed by atoms with Gasteiger partial charge in [-0.05, 0) is 51.2 Å². The number of nitrogens with one attached hydrogen (secondary N) is 1. The fourth-order valence-electron chi connectivity index (χ4n) is 3.91. The lowest BCUT2D eigenvalue weighted by Gasteiger charge is -2.46. The maximum absolute atomic E-state index is 5.82. The molecule has 0 bridgehead atoms. The van der Waals surface area contributed by atoms with Crippen LogP contribution in [0.3, 0.4) is 0 Å². The van der Waals surface area contributed by atoms with E-state index in [1.165, 1.54) is 25.7 Å². The third-order valence-corrected chi connectivity index (χ3v) is 5.55. The van der Waals surface area contributed by atoms with Crippen LogP contribution in [0.4, 0.5) is 0 Å². The molecule has 140 valence electrons. The summed E-state index contributed by atoms with van der Waals surface area (Å²) in [6, 6.07) is 4.39. The standard InChI is InChI=1S/C20H33N3O2/c1-3-17(2)22-19(21-11-8-18-7-4-14-25-18)23-12-5-9-20(15-23)10-6-13-24-16-20/h4,7,14,17H,3,5-6,8-13,15-16H2,1-2H3,(H,21,22). The van der Waals surface area contributed by atoms with E-state index in [1.54, 1.807) is 6.26 Å². The highest BCUT2D eigenvalue weighted by molar-refractivity contribution is 5.80. The topological polar surface area (TPSA) is 50.0 Å². The smallest absolute Gasteiger partial charge is 0.194 e. The number of hydrogen-bond donors (Lipinski definition) is 1. The second-order valence-corrected chi connectivity index (χ2v) is 7.67. The van der Waals surface area contributed by atoms with Gasteiger partial charge in [-0.25, -0.2) is 0 Å². The highest BCUT2D eigenvalue weighted by atomic mass is 16.5. The van der Waals surface area contributed by atoms with Crippen molar-refractivity contribution in [3.8, 4) is 0 Å². The van der Waals surface area contributed by atoms with Crippen LogP contribution in [0.5, 0.6) is 0 Å². The van der Waals surface area contributed by atoms with Gasteiger partial charge in [-0.2, -0.15) is 0 Å². The van der Waals surface area contributed by atoms with Crippen molar-refractivity contribution in [1.82, 2.24) is 10.2 Å². The Morgan fingerprint density at radius 1 is 1.40 bits per heavy atom. The van der Waals surface area contributed by atoms with Crippen LogP contribution >= 0.6 is 0 Å². The van der Waals surface area contributed by atoms with Gasteiger partial charge < -0.3 is 19.4 Å². The SMILES string of the molecule is CCC(C)NC(=NCCc1ccco1)N1CCCC2(CCCOC2)C1. The minimum Gasteiger partial charge on any atom is -0.469 e. The molecule has 2 fully saturated rings. The summed E-state index contributed by atoms with van der Waals surface area (Å²) in [5, 5.41) is 3.64. The molecule has 1 aromatic rings. The van der Waals surface area contributed by atoms with E-state index in [4.69, 9.17) is 14.1 Å². The predicted molar refractivity (Wildman–Crippen MR) is 101 cm³/mol. The number of furan rings is 1. The zero-order valence-electron chi connectivity index (χ0n) is 15.8. The average Bonchev–Trinajstić information content (AvgIpc) is 3.15. The van der Waals surface area contributed by atoms with Gasteiger partial charge >= 0.3 is 0 Å². The van der Waals surface area contributed by atoms with Gasteiger partial charge in [0.2, 0.25) is 0 Å². The summed E-state index contributed by atoms with van der Waals surface area (Å²) in [4.78, 5) is 7.38. The van der Waals surface area contributed by atoms with Crippen LogP contribution in [0.1, 0.15) is 51.7 Å². The highest BCUT2D eigenvalue weighted by Gasteiger charge is 2.38. The molecule has 3 heterocycles. The number of ether oxygens (including phenoxy) is 1. The molecule has 0 radical (unpaired) electrons. The third-order valence-electron chi connectivity index (χ3n) is 5.55. The van der Waals surface area contributed by atoms with Crippen molar-refractivity contribution in [2.24, 2.45) is 10.4 Å². The van der Waals surface area contributed by atoms with E-state index >= 15 is 0 Å². The summed E-state index contributed by atoms with van der Waals surface area (Å²) in [5.41, 5.74) is 0.329. The highest BCUT2D eigenvalue weighted by Crippen LogP contribution is 2.37. The first-order chi connectivity index (χ1) is 12.2. The molecular weight excluding hydrogens is 314 g/mol. The molecule has 2 saturated heterocycles. The molecule has 1 spiro atoms. The molecule has 5 heteroatoms. The molecule has 25 heavy (non-hydrogen) atoms. The lowest BCUT2D eigenvalue weighted by Crippen LogP contribution is -2.54. The molecule has 2 aliphatic rings. The molecule has 2 unspecified atom stereocenters. The van der Waals surface area contributed by atoms with E-state index < -0.39 is 0 Å².